The third kappa shape index (κ3) is 7.08. The zero-order valence-corrected chi connectivity index (χ0v) is 17.4. The van der Waals surface area contributed by atoms with Crippen LogP contribution in [0.1, 0.15) is 25.0 Å². The molecule has 150 valence electrons. The molecule has 1 N–H and O–H groups in total. The minimum atomic E-state index is -0.178. The predicted molar refractivity (Wildman–Crippen MR) is 115 cm³/mol. The number of amides is 1. The lowest BCUT2D eigenvalue weighted by Crippen LogP contribution is -2.15. The Hall–Kier alpha value is -2.79. The lowest BCUT2D eigenvalue weighted by Gasteiger charge is -2.13. The molecule has 5 nitrogen and oxygen atoms in total. The molecule has 0 aliphatic rings. The van der Waals surface area contributed by atoms with E-state index in [1.165, 1.54) is 11.6 Å². The number of benzene rings is 2. The van der Waals surface area contributed by atoms with Gasteiger partial charge in [0.05, 0.1) is 13.2 Å². The maximum atomic E-state index is 12.2. The van der Waals surface area contributed by atoms with Gasteiger partial charge in [0.15, 0.2) is 11.5 Å². The van der Waals surface area contributed by atoms with Crippen LogP contribution in [0.15, 0.2) is 48.5 Å². The van der Waals surface area contributed by atoms with Crippen molar-refractivity contribution >= 4 is 17.7 Å². The van der Waals surface area contributed by atoms with E-state index in [-0.39, 0.29) is 12.0 Å². The normalized spacial score (nSPS) is 11.2. The summed E-state index contributed by atoms with van der Waals surface area (Å²) in [5, 5.41) is 2.88. The molecule has 0 radical (unpaired) electrons. The fraction of sp³-hybridized carbons (Fsp3) is 0.348. The van der Waals surface area contributed by atoms with Crippen molar-refractivity contribution < 1.29 is 14.3 Å². The fourth-order valence-electron chi connectivity index (χ4n) is 2.60. The first-order valence-electron chi connectivity index (χ1n) is 9.45. The van der Waals surface area contributed by atoms with E-state index in [9.17, 15) is 4.79 Å². The van der Waals surface area contributed by atoms with Crippen LogP contribution >= 0.6 is 0 Å². The molecule has 0 aliphatic carbocycles. The van der Waals surface area contributed by atoms with Crippen molar-refractivity contribution in [1.82, 2.24) is 4.90 Å². The second-order valence-corrected chi connectivity index (χ2v) is 7.15. The molecule has 0 bridgehead atoms. The maximum Gasteiger partial charge on any atom is 0.248 e. The van der Waals surface area contributed by atoms with E-state index in [2.05, 4.69) is 24.3 Å². The number of hydrogen-bond donors (Lipinski definition) is 1. The molecule has 2 aromatic carbocycles. The Morgan fingerprint density at radius 3 is 2.43 bits per heavy atom. The predicted octanol–water partition coefficient (Wildman–Crippen LogP) is 4.24. The number of carbonyl (C=O) groups excluding carboxylic acids is 1. The highest BCUT2D eigenvalue weighted by Gasteiger charge is 2.07. The van der Waals surface area contributed by atoms with E-state index in [4.69, 9.17) is 9.47 Å². The summed E-state index contributed by atoms with van der Waals surface area (Å²) in [6.45, 7) is 4.93. The Bertz CT molecular complexity index is 796. The summed E-state index contributed by atoms with van der Waals surface area (Å²) in [6.07, 6.45) is 4.31. The van der Waals surface area contributed by atoms with Gasteiger partial charge in [0.2, 0.25) is 5.91 Å². The van der Waals surface area contributed by atoms with Gasteiger partial charge in [0.1, 0.15) is 0 Å². The minimum Gasteiger partial charge on any atom is -0.493 e. The molecule has 0 saturated carbocycles. The number of hydrogen-bond acceptors (Lipinski definition) is 4. The highest BCUT2D eigenvalue weighted by molar-refractivity contribution is 6.01. The average Bonchev–Trinajstić information content (AvgIpc) is 2.66. The molecule has 1 amide bonds. The van der Waals surface area contributed by atoms with Crippen molar-refractivity contribution in [1.29, 1.82) is 0 Å². The van der Waals surface area contributed by atoms with Crippen LogP contribution in [0.25, 0.3) is 6.08 Å². The number of likely N-dealkylation sites (N-methyl/N-ethyl adjacent to an activating group) is 1. The van der Waals surface area contributed by atoms with Crippen LogP contribution in [0.3, 0.4) is 0 Å². The van der Waals surface area contributed by atoms with Gasteiger partial charge in [0, 0.05) is 18.3 Å². The van der Waals surface area contributed by atoms with Crippen LogP contribution in [-0.4, -0.2) is 44.7 Å². The number of nitrogens with zero attached hydrogens (tertiary/aromatic N) is 1. The summed E-state index contributed by atoms with van der Waals surface area (Å²) < 4.78 is 11.1. The number of carbonyl (C=O) groups is 1. The van der Waals surface area contributed by atoms with Gasteiger partial charge in [-0.05, 0) is 75.8 Å². The lowest BCUT2D eigenvalue weighted by atomic mass is 10.1. The third-order valence-corrected chi connectivity index (χ3v) is 4.05. The minimum absolute atomic E-state index is 0.0651. The summed E-state index contributed by atoms with van der Waals surface area (Å²) in [5.74, 6) is 1.15. The Morgan fingerprint density at radius 2 is 1.82 bits per heavy atom. The van der Waals surface area contributed by atoms with Gasteiger partial charge in [-0.25, -0.2) is 0 Å². The third-order valence-electron chi connectivity index (χ3n) is 4.05. The summed E-state index contributed by atoms with van der Waals surface area (Å²) >= 11 is 0. The first-order valence-corrected chi connectivity index (χ1v) is 9.45. The summed E-state index contributed by atoms with van der Waals surface area (Å²) in [4.78, 5) is 14.3. The van der Waals surface area contributed by atoms with E-state index >= 15 is 0 Å². The molecule has 2 rings (SSSR count). The molecular formula is C23H30N2O3. The first kappa shape index (κ1) is 21.5. The number of nitrogens with one attached hydrogen (secondary N) is 1. The van der Waals surface area contributed by atoms with Gasteiger partial charge in [-0.3, -0.25) is 4.79 Å². The Morgan fingerprint density at radius 1 is 1.11 bits per heavy atom. The van der Waals surface area contributed by atoms with Crippen molar-refractivity contribution in [2.45, 2.75) is 26.4 Å². The molecule has 0 atom stereocenters. The van der Waals surface area contributed by atoms with Crippen LogP contribution in [0.2, 0.25) is 0 Å². The molecule has 0 unspecified atom stereocenters. The van der Waals surface area contributed by atoms with Gasteiger partial charge in [-0.2, -0.15) is 0 Å². The molecule has 5 heteroatoms. The van der Waals surface area contributed by atoms with E-state index in [1.807, 2.05) is 56.3 Å². The van der Waals surface area contributed by atoms with Gasteiger partial charge in [-0.15, -0.1) is 0 Å². The standard InChI is InChI=1S/C23H30N2O3/c1-17(2)28-21-12-8-19(16-22(21)27-5)9-13-23(26)24-20-10-6-18(7-11-20)14-15-25(3)4/h6-13,16-17H,14-15H2,1-5H3,(H,24,26)/b13-9+. The highest BCUT2D eigenvalue weighted by atomic mass is 16.5. The second kappa shape index (κ2) is 10.5. The molecule has 0 heterocycles. The van der Waals surface area contributed by atoms with Crippen molar-refractivity contribution in [3.05, 3.63) is 59.7 Å². The molecule has 28 heavy (non-hydrogen) atoms. The summed E-state index contributed by atoms with van der Waals surface area (Å²) in [6, 6.07) is 13.5. The van der Waals surface area contributed by atoms with Gasteiger partial charge in [-0.1, -0.05) is 18.2 Å². The Labute approximate surface area is 168 Å². The molecule has 0 saturated heterocycles. The summed E-state index contributed by atoms with van der Waals surface area (Å²) in [5.41, 5.74) is 2.89. The quantitative estimate of drug-likeness (QED) is 0.659. The van der Waals surface area contributed by atoms with E-state index < -0.39 is 0 Å². The zero-order valence-electron chi connectivity index (χ0n) is 17.4. The van der Waals surface area contributed by atoms with Crippen molar-refractivity contribution in [3.8, 4) is 11.5 Å². The second-order valence-electron chi connectivity index (χ2n) is 7.15. The van der Waals surface area contributed by atoms with Crippen LogP contribution < -0.4 is 14.8 Å². The zero-order chi connectivity index (χ0) is 20.5. The average molecular weight is 383 g/mol. The Kier molecular flexibility index (Phi) is 8.08. The molecule has 0 aliphatic heterocycles. The van der Waals surface area contributed by atoms with Crippen LogP contribution in [0, 0.1) is 0 Å². The number of anilines is 1. The SMILES string of the molecule is COc1cc(/C=C/C(=O)Nc2ccc(CCN(C)C)cc2)ccc1OC(C)C. The van der Waals surface area contributed by atoms with Crippen molar-refractivity contribution in [3.63, 3.8) is 0 Å². The lowest BCUT2D eigenvalue weighted by molar-refractivity contribution is -0.111. The smallest absolute Gasteiger partial charge is 0.248 e. The Balaban J connectivity index is 1.96. The van der Waals surface area contributed by atoms with E-state index in [1.54, 1.807) is 13.2 Å². The first-order chi connectivity index (χ1) is 13.4. The largest absolute Gasteiger partial charge is 0.493 e. The van der Waals surface area contributed by atoms with Gasteiger partial charge >= 0.3 is 0 Å². The van der Waals surface area contributed by atoms with E-state index in [0.29, 0.717) is 11.5 Å². The summed E-state index contributed by atoms with van der Waals surface area (Å²) in [7, 11) is 5.72. The van der Waals surface area contributed by atoms with Crippen LogP contribution in [-0.2, 0) is 11.2 Å². The van der Waals surface area contributed by atoms with Gasteiger partial charge in [0.25, 0.3) is 0 Å². The highest BCUT2D eigenvalue weighted by Crippen LogP contribution is 2.29. The molecule has 2 aromatic rings. The monoisotopic (exact) mass is 382 g/mol. The maximum absolute atomic E-state index is 12.2. The van der Waals surface area contributed by atoms with Crippen LogP contribution in [0.5, 0.6) is 11.5 Å². The van der Waals surface area contributed by atoms with Crippen molar-refractivity contribution in [2.75, 3.05) is 33.1 Å². The van der Waals surface area contributed by atoms with E-state index in [0.717, 1.165) is 24.2 Å². The number of rotatable bonds is 9. The molecular weight excluding hydrogens is 352 g/mol. The number of methoxy groups -OCH3 is 1. The van der Waals surface area contributed by atoms with Gasteiger partial charge < -0.3 is 19.7 Å². The fourth-order valence-corrected chi connectivity index (χ4v) is 2.60. The van der Waals surface area contributed by atoms with Crippen LogP contribution in [0.4, 0.5) is 5.69 Å². The topological polar surface area (TPSA) is 50.8 Å². The molecule has 0 fully saturated rings. The van der Waals surface area contributed by atoms with Crippen molar-refractivity contribution in [2.24, 2.45) is 0 Å². The molecule has 0 spiro atoms. The molecule has 0 aromatic heterocycles. The number of ether oxygens (including phenoxy) is 2.